The number of nitrogens with zero attached hydrogens (tertiary/aromatic N) is 3. The number of nitriles is 1. The van der Waals surface area contributed by atoms with Crippen LogP contribution >= 0.6 is 11.3 Å². The lowest BCUT2D eigenvalue weighted by atomic mass is 10.1. The van der Waals surface area contributed by atoms with Crippen LogP contribution in [0.3, 0.4) is 0 Å². The maximum Gasteiger partial charge on any atom is 0.268 e. The van der Waals surface area contributed by atoms with Crippen molar-refractivity contribution in [2.75, 3.05) is 5.32 Å². The molecule has 0 saturated heterocycles. The van der Waals surface area contributed by atoms with Crippen LogP contribution in [0.25, 0.3) is 17.3 Å². The average Bonchev–Trinajstić information content (AvgIpc) is 3.32. The summed E-state index contributed by atoms with van der Waals surface area (Å²) < 4.78 is 2.20. The summed E-state index contributed by atoms with van der Waals surface area (Å²) in [7, 11) is 0. The van der Waals surface area contributed by atoms with Crippen molar-refractivity contribution in [3.8, 4) is 17.3 Å². The zero-order valence-corrected chi connectivity index (χ0v) is 18.6. The fourth-order valence-electron chi connectivity index (χ4n) is 3.39. The Morgan fingerprint density at radius 2 is 2.00 bits per heavy atom. The lowest BCUT2D eigenvalue weighted by Crippen LogP contribution is -2.13. The van der Waals surface area contributed by atoms with E-state index in [9.17, 15) is 10.1 Å². The van der Waals surface area contributed by atoms with Crippen molar-refractivity contribution in [2.45, 2.75) is 47.1 Å². The van der Waals surface area contributed by atoms with E-state index >= 15 is 0 Å². The summed E-state index contributed by atoms with van der Waals surface area (Å²) in [5, 5.41) is 14.7. The molecule has 0 aliphatic carbocycles. The molecule has 6 heteroatoms. The van der Waals surface area contributed by atoms with Crippen molar-refractivity contribution in [1.82, 2.24) is 9.55 Å². The van der Waals surface area contributed by atoms with E-state index in [-0.39, 0.29) is 5.57 Å². The first-order valence-electron chi connectivity index (χ1n) is 10.1. The van der Waals surface area contributed by atoms with Gasteiger partial charge in [0.1, 0.15) is 11.6 Å². The molecular formula is C24H26N4OS. The fourth-order valence-corrected chi connectivity index (χ4v) is 4.10. The lowest BCUT2D eigenvalue weighted by Gasteiger charge is -2.07. The van der Waals surface area contributed by atoms with E-state index in [0.29, 0.717) is 5.13 Å². The van der Waals surface area contributed by atoms with E-state index in [2.05, 4.69) is 40.8 Å². The minimum Gasteiger partial charge on any atom is -0.349 e. The SMILES string of the molecule is CCCn1c(C)cc(/C=C(\C#N)C(=O)Nc2nc(-c3ccc(CC)cc3)cs2)c1C. The minimum absolute atomic E-state index is 0.0656. The predicted molar refractivity (Wildman–Crippen MR) is 123 cm³/mol. The number of carbonyl (C=O) groups excluding carboxylic acids is 1. The van der Waals surface area contributed by atoms with E-state index in [0.717, 1.165) is 47.6 Å². The zero-order chi connectivity index (χ0) is 21.7. The zero-order valence-electron chi connectivity index (χ0n) is 17.8. The van der Waals surface area contributed by atoms with Crippen molar-refractivity contribution in [2.24, 2.45) is 0 Å². The Hall–Kier alpha value is -3.17. The molecule has 2 aromatic heterocycles. The third-order valence-electron chi connectivity index (χ3n) is 5.11. The number of anilines is 1. The largest absolute Gasteiger partial charge is 0.349 e. The standard InChI is InChI=1S/C24H26N4OS/c1-5-11-28-16(3)12-20(17(28)4)13-21(14-25)23(29)27-24-26-22(15-30-24)19-9-7-18(6-2)8-10-19/h7-10,12-13,15H,5-6,11H2,1-4H3,(H,26,27,29)/b21-13+. The van der Waals surface area contributed by atoms with Crippen LogP contribution in [0.2, 0.25) is 0 Å². The number of carbonyl (C=O) groups is 1. The second-order valence-electron chi connectivity index (χ2n) is 7.19. The minimum atomic E-state index is -0.444. The Bertz CT molecular complexity index is 1110. The maximum absolute atomic E-state index is 12.7. The Kier molecular flexibility index (Phi) is 6.86. The van der Waals surface area contributed by atoms with Gasteiger partial charge in [-0.05, 0) is 50.0 Å². The number of aromatic nitrogens is 2. The van der Waals surface area contributed by atoms with Crippen LogP contribution < -0.4 is 5.32 Å². The van der Waals surface area contributed by atoms with Gasteiger partial charge >= 0.3 is 0 Å². The molecule has 0 fully saturated rings. The quantitative estimate of drug-likeness (QED) is 0.392. The molecule has 3 aromatic rings. The fraction of sp³-hybridized carbons (Fsp3) is 0.292. The number of hydrogen-bond donors (Lipinski definition) is 1. The molecule has 1 N–H and O–H groups in total. The number of rotatable bonds is 7. The van der Waals surface area contributed by atoms with Crippen LogP contribution in [-0.4, -0.2) is 15.5 Å². The molecule has 0 saturated carbocycles. The van der Waals surface area contributed by atoms with E-state index in [1.165, 1.54) is 16.9 Å². The summed E-state index contributed by atoms with van der Waals surface area (Å²) in [5.41, 5.74) is 6.22. The molecule has 0 atom stereocenters. The van der Waals surface area contributed by atoms with Crippen LogP contribution in [0.4, 0.5) is 5.13 Å². The third kappa shape index (κ3) is 4.69. The summed E-state index contributed by atoms with van der Waals surface area (Å²) in [6.07, 6.45) is 3.67. The van der Waals surface area contributed by atoms with Gasteiger partial charge in [0.25, 0.3) is 5.91 Å². The summed E-state index contributed by atoms with van der Waals surface area (Å²) in [6, 6.07) is 12.3. The van der Waals surface area contributed by atoms with Gasteiger partial charge in [-0.3, -0.25) is 10.1 Å². The van der Waals surface area contributed by atoms with Gasteiger partial charge in [0.15, 0.2) is 5.13 Å². The summed E-state index contributed by atoms with van der Waals surface area (Å²) >= 11 is 1.35. The molecule has 30 heavy (non-hydrogen) atoms. The smallest absolute Gasteiger partial charge is 0.268 e. The lowest BCUT2D eigenvalue weighted by molar-refractivity contribution is -0.112. The molecule has 0 unspecified atom stereocenters. The first-order valence-corrected chi connectivity index (χ1v) is 11.0. The summed E-state index contributed by atoms with van der Waals surface area (Å²) in [6.45, 7) is 9.21. The average molecular weight is 419 g/mol. The number of nitrogens with one attached hydrogen (secondary N) is 1. The topological polar surface area (TPSA) is 70.7 Å². The van der Waals surface area contributed by atoms with Gasteiger partial charge in [-0.25, -0.2) is 4.98 Å². The Balaban J connectivity index is 1.78. The molecule has 0 aliphatic rings. The monoisotopic (exact) mass is 418 g/mol. The van der Waals surface area contributed by atoms with E-state index in [1.54, 1.807) is 6.08 Å². The first-order chi connectivity index (χ1) is 14.5. The van der Waals surface area contributed by atoms with Gasteiger partial charge < -0.3 is 4.57 Å². The molecular weight excluding hydrogens is 392 g/mol. The molecule has 1 aromatic carbocycles. The van der Waals surface area contributed by atoms with Gasteiger partial charge in [-0.1, -0.05) is 38.1 Å². The number of amides is 1. The molecule has 0 aliphatic heterocycles. The van der Waals surface area contributed by atoms with Crippen LogP contribution in [-0.2, 0) is 17.8 Å². The number of hydrogen-bond acceptors (Lipinski definition) is 4. The van der Waals surface area contributed by atoms with Gasteiger partial charge in [-0.15, -0.1) is 11.3 Å². The molecule has 0 spiro atoms. The van der Waals surface area contributed by atoms with Crippen molar-refractivity contribution in [1.29, 1.82) is 5.26 Å². The molecule has 154 valence electrons. The van der Waals surface area contributed by atoms with Crippen molar-refractivity contribution in [3.63, 3.8) is 0 Å². The highest BCUT2D eigenvalue weighted by atomic mass is 32.1. The molecule has 0 radical (unpaired) electrons. The van der Waals surface area contributed by atoms with Crippen LogP contribution in [0, 0.1) is 25.2 Å². The normalized spacial score (nSPS) is 11.4. The maximum atomic E-state index is 12.7. The number of benzene rings is 1. The molecule has 1 amide bonds. The highest BCUT2D eigenvalue weighted by molar-refractivity contribution is 7.14. The van der Waals surface area contributed by atoms with Gasteiger partial charge in [0.05, 0.1) is 5.69 Å². The first kappa shape index (κ1) is 21.5. The molecule has 5 nitrogen and oxygen atoms in total. The van der Waals surface area contributed by atoms with Crippen LogP contribution in [0.5, 0.6) is 0 Å². The van der Waals surface area contributed by atoms with Gasteiger partial charge in [-0.2, -0.15) is 5.26 Å². The van der Waals surface area contributed by atoms with E-state index in [1.807, 2.05) is 43.5 Å². The molecule has 0 bridgehead atoms. The third-order valence-corrected chi connectivity index (χ3v) is 5.87. The van der Waals surface area contributed by atoms with Crippen molar-refractivity contribution in [3.05, 3.63) is 63.8 Å². The van der Waals surface area contributed by atoms with Gasteiger partial charge in [0.2, 0.25) is 0 Å². The Morgan fingerprint density at radius 1 is 1.27 bits per heavy atom. The van der Waals surface area contributed by atoms with Crippen LogP contribution in [0.1, 0.15) is 42.8 Å². The summed E-state index contributed by atoms with van der Waals surface area (Å²) in [5.74, 6) is -0.444. The predicted octanol–water partition coefficient (Wildman–Crippen LogP) is 5.75. The Labute approximate surface area is 181 Å². The van der Waals surface area contributed by atoms with Crippen molar-refractivity contribution < 1.29 is 4.79 Å². The number of thiazole rings is 1. The Morgan fingerprint density at radius 3 is 2.63 bits per heavy atom. The van der Waals surface area contributed by atoms with E-state index < -0.39 is 5.91 Å². The van der Waals surface area contributed by atoms with E-state index in [4.69, 9.17) is 0 Å². The second-order valence-corrected chi connectivity index (χ2v) is 8.05. The molecule has 3 rings (SSSR count). The van der Waals surface area contributed by atoms with Gasteiger partial charge in [0, 0.05) is 28.9 Å². The highest BCUT2D eigenvalue weighted by Gasteiger charge is 2.15. The second kappa shape index (κ2) is 9.55. The molecule has 2 heterocycles. The van der Waals surface area contributed by atoms with Crippen LogP contribution in [0.15, 0.2) is 41.3 Å². The number of aryl methyl sites for hydroxylation is 2. The highest BCUT2D eigenvalue weighted by Crippen LogP contribution is 2.26. The summed E-state index contributed by atoms with van der Waals surface area (Å²) in [4.78, 5) is 17.2. The van der Waals surface area contributed by atoms with Crippen molar-refractivity contribution >= 4 is 28.5 Å².